The summed E-state index contributed by atoms with van der Waals surface area (Å²) in [5.41, 5.74) is 0. The highest BCUT2D eigenvalue weighted by molar-refractivity contribution is 5.71. The second kappa shape index (κ2) is 54.9. The number of ether oxygens (including phenoxy) is 3. The van der Waals surface area contributed by atoms with Crippen molar-refractivity contribution in [2.24, 2.45) is 0 Å². The van der Waals surface area contributed by atoms with E-state index in [1.165, 1.54) is 103 Å². The van der Waals surface area contributed by atoms with Gasteiger partial charge in [-0.3, -0.25) is 14.4 Å². The summed E-state index contributed by atoms with van der Waals surface area (Å²) in [6.07, 6.45) is 72.5. The Balaban J connectivity index is 4.51. The smallest absolute Gasteiger partial charge is 0.306 e. The van der Waals surface area contributed by atoms with E-state index in [9.17, 15) is 14.4 Å². The van der Waals surface area contributed by atoms with Crippen molar-refractivity contribution in [1.29, 1.82) is 0 Å². The average Bonchev–Trinajstić information content (AvgIpc) is 3.33. The first-order chi connectivity index (χ1) is 33.0. The van der Waals surface area contributed by atoms with Crippen molar-refractivity contribution in [3.8, 4) is 0 Å². The summed E-state index contributed by atoms with van der Waals surface area (Å²) < 4.78 is 16.8. The minimum absolute atomic E-state index is 0.106. The predicted octanol–water partition coefficient (Wildman–Crippen LogP) is 18.5. The zero-order chi connectivity index (χ0) is 48.6. The van der Waals surface area contributed by atoms with Crippen molar-refractivity contribution in [1.82, 2.24) is 0 Å². The third-order valence-electron chi connectivity index (χ3n) is 11.5. The second-order valence-electron chi connectivity index (χ2n) is 18.1. The molecule has 6 nitrogen and oxygen atoms in total. The number of rotatable bonds is 49. The molecule has 0 aliphatic heterocycles. The fourth-order valence-electron chi connectivity index (χ4n) is 7.38. The summed E-state index contributed by atoms with van der Waals surface area (Å²) >= 11 is 0. The van der Waals surface area contributed by atoms with Crippen molar-refractivity contribution in [3.05, 3.63) is 97.2 Å². The van der Waals surface area contributed by atoms with Gasteiger partial charge >= 0.3 is 17.9 Å². The first-order valence-electron chi connectivity index (χ1n) is 27.7. The van der Waals surface area contributed by atoms with Crippen LogP contribution in [-0.4, -0.2) is 37.2 Å². The largest absolute Gasteiger partial charge is 0.462 e. The van der Waals surface area contributed by atoms with E-state index in [1.54, 1.807) is 0 Å². The summed E-state index contributed by atoms with van der Waals surface area (Å²) in [5, 5.41) is 0. The van der Waals surface area contributed by atoms with Crippen LogP contribution in [0.1, 0.15) is 252 Å². The summed E-state index contributed by atoms with van der Waals surface area (Å²) in [5.74, 6) is -0.983. The maximum absolute atomic E-state index is 12.8. The van der Waals surface area contributed by atoms with Crippen LogP contribution in [0, 0.1) is 0 Å². The van der Waals surface area contributed by atoms with Crippen LogP contribution in [0.25, 0.3) is 0 Å². The maximum atomic E-state index is 12.8. The van der Waals surface area contributed by atoms with Gasteiger partial charge in [-0.15, -0.1) is 0 Å². The van der Waals surface area contributed by atoms with Gasteiger partial charge in [-0.25, -0.2) is 0 Å². The average molecular weight is 931 g/mol. The molecule has 0 aromatic carbocycles. The van der Waals surface area contributed by atoms with Gasteiger partial charge in [-0.1, -0.05) is 214 Å². The van der Waals surface area contributed by atoms with E-state index in [-0.39, 0.29) is 37.5 Å². The standard InChI is InChI=1S/C61H102O6/c1-4-7-10-13-16-19-22-25-28-30-33-36-39-42-45-48-51-54-60(63)66-57-58(56-65-59(62)53-50-47-44-41-38-35-32-27-24-21-18-15-12-9-6-3)67-61(64)55-52-49-46-43-40-37-34-31-29-26-23-20-17-14-11-8-5-2/h9,12,16,18-19,21,25-29,32-33,36,42,45,58H,4-8,10-11,13-15,17,20,22-24,30-31,34-35,37-41,43-44,46-57H2,1-3H3/b12-9-,19-16-,21-18-,28-25-,29-26-,32-27-,36-33-,45-42-/t58-/m1/s1. The van der Waals surface area contributed by atoms with Crippen LogP contribution >= 0.6 is 0 Å². The predicted molar refractivity (Wildman–Crippen MR) is 288 cm³/mol. The van der Waals surface area contributed by atoms with E-state index < -0.39 is 6.10 Å². The van der Waals surface area contributed by atoms with Gasteiger partial charge < -0.3 is 14.2 Å². The number of esters is 3. The first-order valence-corrected chi connectivity index (χ1v) is 27.7. The molecule has 0 fully saturated rings. The zero-order valence-electron chi connectivity index (χ0n) is 43.6. The molecule has 382 valence electrons. The Hall–Kier alpha value is -3.67. The first kappa shape index (κ1) is 63.3. The lowest BCUT2D eigenvalue weighted by atomic mass is 10.1. The van der Waals surface area contributed by atoms with E-state index in [4.69, 9.17) is 14.2 Å². The Morgan fingerprint density at radius 3 is 1.01 bits per heavy atom. The number of allylic oxidation sites excluding steroid dienone is 16. The molecule has 0 heterocycles. The molecule has 0 aliphatic rings. The highest BCUT2D eigenvalue weighted by Crippen LogP contribution is 2.14. The molecule has 6 heteroatoms. The quantitative estimate of drug-likeness (QED) is 0.0262. The lowest BCUT2D eigenvalue weighted by Crippen LogP contribution is -2.30. The molecule has 0 spiro atoms. The Labute approximate surface area is 413 Å². The summed E-state index contributed by atoms with van der Waals surface area (Å²) in [6, 6.07) is 0. The lowest BCUT2D eigenvalue weighted by molar-refractivity contribution is -0.167. The fraction of sp³-hybridized carbons (Fsp3) is 0.689. The fourth-order valence-corrected chi connectivity index (χ4v) is 7.38. The second-order valence-corrected chi connectivity index (χ2v) is 18.1. The zero-order valence-corrected chi connectivity index (χ0v) is 43.6. The number of unbranched alkanes of at least 4 members (excludes halogenated alkanes) is 22. The Bertz CT molecular complexity index is 1350. The normalized spacial score (nSPS) is 12.8. The Morgan fingerprint density at radius 1 is 0.313 bits per heavy atom. The molecule has 0 radical (unpaired) electrons. The number of hydrogen-bond donors (Lipinski definition) is 0. The molecule has 0 aromatic heterocycles. The molecule has 0 saturated carbocycles. The van der Waals surface area contributed by atoms with E-state index in [2.05, 4.69) is 118 Å². The summed E-state index contributed by atoms with van der Waals surface area (Å²) in [4.78, 5) is 38.1. The van der Waals surface area contributed by atoms with Gasteiger partial charge in [0.1, 0.15) is 13.2 Å². The van der Waals surface area contributed by atoms with Gasteiger partial charge in [-0.2, -0.15) is 0 Å². The molecule has 0 aromatic rings. The van der Waals surface area contributed by atoms with Crippen LogP contribution in [0.3, 0.4) is 0 Å². The van der Waals surface area contributed by atoms with E-state index >= 15 is 0 Å². The molecule has 0 rings (SSSR count). The third-order valence-corrected chi connectivity index (χ3v) is 11.5. The maximum Gasteiger partial charge on any atom is 0.306 e. The van der Waals surface area contributed by atoms with Crippen LogP contribution in [0.5, 0.6) is 0 Å². The van der Waals surface area contributed by atoms with Crippen molar-refractivity contribution in [2.75, 3.05) is 13.2 Å². The third kappa shape index (κ3) is 53.2. The molecule has 0 saturated heterocycles. The number of hydrogen-bond acceptors (Lipinski definition) is 6. The van der Waals surface area contributed by atoms with E-state index in [1.807, 2.05) is 0 Å². The van der Waals surface area contributed by atoms with Crippen LogP contribution < -0.4 is 0 Å². The van der Waals surface area contributed by atoms with Gasteiger partial charge in [0.05, 0.1) is 0 Å². The molecule has 0 unspecified atom stereocenters. The highest BCUT2D eigenvalue weighted by atomic mass is 16.6. The van der Waals surface area contributed by atoms with Crippen molar-refractivity contribution < 1.29 is 28.6 Å². The SMILES string of the molecule is CC/C=C\C/C=C\C/C=C\CCCCCCCC(=O)OC[C@H](COC(=O)CCC/C=C\C/C=C\C/C=C\C/C=C\CCCCC)OC(=O)CCCCCCCCC/C=C\CCCCCCCC. The lowest BCUT2D eigenvalue weighted by Gasteiger charge is -2.18. The molecule has 1 atom stereocenters. The van der Waals surface area contributed by atoms with Gasteiger partial charge in [0.25, 0.3) is 0 Å². The summed E-state index contributed by atoms with van der Waals surface area (Å²) in [6.45, 7) is 6.43. The minimum atomic E-state index is -0.810. The van der Waals surface area contributed by atoms with Crippen LogP contribution in [0.15, 0.2) is 97.2 Å². The molecule has 0 amide bonds. The van der Waals surface area contributed by atoms with Gasteiger partial charge in [0.15, 0.2) is 6.10 Å². The van der Waals surface area contributed by atoms with Gasteiger partial charge in [-0.05, 0) is 116 Å². The molecule has 0 bridgehead atoms. The molecule has 0 N–H and O–H groups in total. The molecule has 0 aliphatic carbocycles. The number of carbonyl (C=O) groups is 3. The summed E-state index contributed by atoms with van der Waals surface area (Å²) in [7, 11) is 0. The van der Waals surface area contributed by atoms with Gasteiger partial charge in [0.2, 0.25) is 0 Å². The number of carbonyl (C=O) groups excluding carboxylic acids is 3. The van der Waals surface area contributed by atoms with Crippen molar-refractivity contribution in [2.45, 2.75) is 258 Å². The Morgan fingerprint density at radius 2 is 0.597 bits per heavy atom. The van der Waals surface area contributed by atoms with E-state index in [0.29, 0.717) is 19.3 Å². The molecular formula is C61H102O6. The van der Waals surface area contributed by atoms with Crippen LogP contribution in [-0.2, 0) is 28.6 Å². The van der Waals surface area contributed by atoms with Gasteiger partial charge in [0, 0.05) is 19.3 Å². The highest BCUT2D eigenvalue weighted by Gasteiger charge is 2.19. The molecular weight excluding hydrogens is 829 g/mol. The van der Waals surface area contributed by atoms with E-state index in [0.717, 1.165) is 103 Å². The monoisotopic (exact) mass is 931 g/mol. The van der Waals surface area contributed by atoms with Crippen molar-refractivity contribution in [3.63, 3.8) is 0 Å². The topological polar surface area (TPSA) is 78.9 Å². The molecule has 67 heavy (non-hydrogen) atoms. The minimum Gasteiger partial charge on any atom is -0.462 e. The van der Waals surface area contributed by atoms with Crippen LogP contribution in [0.4, 0.5) is 0 Å². The van der Waals surface area contributed by atoms with Crippen molar-refractivity contribution >= 4 is 17.9 Å². The van der Waals surface area contributed by atoms with Crippen LogP contribution in [0.2, 0.25) is 0 Å². The Kier molecular flexibility index (Phi) is 51.9.